The Morgan fingerprint density at radius 1 is 0.793 bits per heavy atom. The number of allylic oxidation sites excluding steroid dienone is 1. The molecule has 0 unspecified atom stereocenters. The van der Waals surface area contributed by atoms with Crippen molar-refractivity contribution >= 4 is 11.8 Å². The molecule has 20 atom stereocenters. The smallest absolute Gasteiger partial charge is 0.337 e. The van der Waals surface area contributed by atoms with Gasteiger partial charge in [-0.05, 0) is 85.4 Å². The Hall–Kier alpha value is -1.60. The maximum absolute atomic E-state index is 14.4. The van der Waals surface area contributed by atoms with Crippen LogP contribution < -0.4 is 0 Å². The van der Waals surface area contributed by atoms with Crippen LogP contribution in [0.1, 0.15) is 99.8 Å². The van der Waals surface area contributed by atoms with E-state index in [1.54, 1.807) is 0 Å². The first-order valence-electron chi connectivity index (χ1n) is 21.3. The number of hydrogen-bond acceptors (Lipinski definition) is 15. The monoisotopic (exact) mass is 824 g/mol. The summed E-state index contributed by atoms with van der Waals surface area (Å²) in [4.78, 5) is 27.3. The number of carbonyl (C=O) groups excluding carboxylic acids is 2. The molecule has 0 radical (unpaired) electrons. The third-order valence-electron chi connectivity index (χ3n) is 17.5. The number of esters is 1. The summed E-state index contributed by atoms with van der Waals surface area (Å²) in [5.74, 6) is -1.06. The standard InChI is InChI=1S/C43H68O15/c1-38(2)15-16-39(3)21(17-38)20-9-10-24-40(4)13-12-25(41(5,19-45)23(40)11-14-42(24,6)43(20,7)34(52)33(39)51)56-37-30(50)31(29(49)32(58-37)35(53)54-8)57-36-28(48)27(47)26(46)22(18-44)55-36/h9,21-32,34,36-37,44-50,52H,10-19H2,1-8H3/t21-,22-,23-,24-,25-,26-,27+,28-,29+,30-,31+,32+,34+,36+,37-,39-,40-,41-,42-,43-/m0/s1. The van der Waals surface area contributed by atoms with Gasteiger partial charge in [0.25, 0.3) is 0 Å². The summed E-state index contributed by atoms with van der Waals surface area (Å²) in [7, 11) is 1.09. The molecule has 8 N–H and O–H groups in total. The molecule has 2 aliphatic heterocycles. The average molecular weight is 825 g/mol. The van der Waals surface area contributed by atoms with Gasteiger partial charge in [0.2, 0.25) is 0 Å². The lowest BCUT2D eigenvalue weighted by Gasteiger charge is -2.72. The highest BCUT2D eigenvalue weighted by Gasteiger charge is 2.73. The van der Waals surface area contributed by atoms with Crippen LogP contribution in [0.15, 0.2) is 11.6 Å². The van der Waals surface area contributed by atoms with Crippen LogP contribution in [0.25, 0.3) is 0 Å². The second-order valence-corrected chi connectivity index (χ2v) is 20.8. The first-order chi connectivity index (χ1) is 27.0. The van der Waals surface area contributed by atoms with E-state index in [1.165, 1.54) is 5.57 Å². The molecule has 2 saturated heterocycles. The van der Waals surface area contributed by atoms with Gasteiger partial charge in [0.05, 0.1) is 26.4 Å². The maximum atomic E-state index is 14.4. The predicted octanol–water partition coefficient (Wildman–Crippen LogP) is 1.12. The number of rotatable bonds is 7. The first kappa shape index (κ1) is 44.5. The third-order valence-corrected chi connectivity index (χ3v) is 17.5. The summed E-state index contributed by atoms with van der Waals surface area (Å²) >= 11 is 0. The van der Waals surface area contributed by atoms with Crippen molar-refractivity contribution in [2.24, 2.45) is 50.2 Å². The quantitative estimate of drug-likeness (QED) is 0.102. The third kappa shape index (κ3) is 6.26. The van der Waals surface area contributed by atoms with Gasteiger partial charge < -0.3 is 64.5 Å². The fraction of sp³-hybridized carbons (Fsp3) is 0.907. The molecule has 7 aliphatic rings. The second-order valence-electron chi connectivity index (χ2n) is 20.8. The molecule has 330 valence electrons. The van der Waals surface area contributed by atoms with E-state index in [-0.39, 0.29) is 41.0 Å². The van der Waals surface area contributed by atoms with Crippen LogP contribution in [-0.2, 0) is 33.3 Å². The molecule has 0 aromatic carbocycles. The molecule has 15 heteroatoms. The Labute approximate surface area is 341 Å². The molecule has 4 saturated carbocycles. The summed E-state index contributed by atoms with van der Waals surface area (Å²) < 4.78 is 28.6. The number of carbonyl (C=O) groups is 2. The Morgan fingerprint density at radius 3 is 2.10 bits per heavy atom. The maximum Gasteiger partial charge on any atom is 0.337 e. The van der Waals surface area contributed by atoms with E-state index in [0.717, 1.165) is 32.8 Å². The molecule has 5 aliphatic carbocycles. The fourth-order valence-corrected chi connectivity index (χ4v) is 13.6. The van der Waals surface area contributed by atoms with Crippen LogP contribution in [0.4, 0.5) is 0 Å². The van der Waals surface area contributed by atoms with Gasteiger partial charge >= 0.3 is 5.97 Å². The molecule has 0 amide bonds. The summed E-state index contributed by atoms with van der Waals surface area (Å²) in [6, 6.07) is 0. The largest absolute Gasteiger partial charge is 0.467 e. The minimum Gasteiger partial charge on any atom is -0.467 e. The van der Waals surface area contributed by atoms with Gasteiger partial charge in [0, 0.05) is 16.2 Å². The Kier molecular flexibility index (Phi) is 11.5. The highest BCUT2D eigenvalue weighted by molar-refractivity contribution is 5.92. The summed E-state index contributed by atoms with van der Waals surface area (Å²) in [6.45, 7) is 14.2. The minimum atomic E-state index is -1.87. The summed E-state index contributed by atoms with van der Waals surface area (Å²) in [6.07, 6.45) is -10.9. The minimum absolute atomic E-state index is 0.0469. The van der Waals surface area contributed by atoms with Crippen LogP contribution in [-0.4, -0.2) is 147 Å². The Bertz CT molecular complexity index is 1620. The van der Waals surface area contributed by atoms with Crippen molar-refractivity contribution in [3.8, 4) is 0 Å². The van der Waals surface area contributed by atoms with Gasteiger partial charge in [-0.15, -0.1) is 0 Å². The topological polar surface area (TPSA) is 242 Å². The van der Waals surface area contributed by atoms with E-state index < -0.39 is 108 Å². The van der Waals surface area contributed by atoms with E-state index in [4.69, 9.17) is 23.7 Å². The average Bonchev–Trinajstić information content (AvgIpc) is 3.18. The zero-order valence-electron chi connectivity index (χ0n) is 35.2. The molecule has 7 rings (SSSR count). The molecule has 2 heterocycles. The molecule has 0 bridgehead atoms. The molecule has 15 nitrogen and oxygen atoms in total. The lowest BCUT2D eigenvalue weighted by atomic mass is 9.33. The van der Waals surface area contributed by atoms with Gasteiger partial charge in [0.15, 0.2) is 24.5 Å². The zero-order chi connectivity index (χ0) is 42.7. The Morgan fingerprint density at radius 2 is 1.47 bits per heavy atom. The normalized spacial score (nSPS) is 54.0. The summed E-state index contributed by atoms with van der Waals surface area (Å²) in [5, 5.41) is 87.5. The number of ether oxygens (including phenoxy) is 5. The van der Waals surface area contributed by atoms with E-state index in [9.17, 15) is 50.4 Å². The van der Waals surface area contributed by atoms with Gasteiger partial charge in [0.1, 0.15) is 48.8 Å². The van der Waals surface area contributed by atoms with Crippen molar-refractivity contribution in [3.05, 3.63) is 11.6 Å². The molecule has 0 spiro atoms. The molecule has 0 aromatic rings. The van der Waals surface area contributed by atoms with Crippen molar-refractivity contribution in [1.29, 1.82) is 0 Å². The fourth-order valence-electron chi connectivity index (χ4n) is 13.6. The number of ketones is 1. The van der Waals surface area contributed by atoms with Crippen molar-refractivity contribution in [3.63, 3.8) is 0 Å². The zero-order valence-corrected chi connectivity index (χ0v) is 35.2. The summed E-state index contributed by atoms with van der Waals surface area (Å²) in [5.41, 5.74) is -1.79. The Balaban J connectivity index is 1.17. The number of aliphatic hydroxyl groups is 8. The van der Waals surface area contributed by atoms with Crippen molar-refractivity contribution in [2.75, 3.05) is 20.3 Å². The number of Topliss-reactive ketones (excluding diaryl/α,β-unsaturated/α-hetero) is 1. The van der Waals surface area contributed by atoms with Crippen molar-refractivity contribution in [2.45, 2.75) is 173 Å². The van der Waals surface area contributed by atoms with Gasteiger partial charge in [-0.3, -0.25) is 4.79 Å². The second kappa shape index (κ2) is 15.0. The van der Waals surface area contributed by atoms with Crippen molar-refractivity contribution in [1.82, 2.24) is 0 Å². The highest BCUT2D eigenvalue weighted by atomic mass is 16.7. The van der Waals surface area contributed by atoms with Crippen LogP contribution >= 0.6 is 0 Å². The van der Waals surface area contributed by atoms with Gasteiger partial charge in [-0.25, -0.2) is 4.79 Å². The van der Waals surface area contributed by atoms with Crippen molar-refractivity contribution < 1.29 is 74.1 Å². The first-order valence-corrected chi connectivity index (χ1v) is 21.3. The SMILES string of the molecule is COC(=O)[C@@H]1O[C@H](O[C@H]2CC[C@@]3(C)[C@H](CC[C@@]4(C)[C@H]3CC=C3[C@@H]5CC(C)(C)CC[C@]5(C)C(=O)[C@@H](O)[C@]34C)[C@]2(C)CO)[C@@H](O)[C@H](O[C@H]2O[C@@H](CO)[C@H](O)[C@@H](O)[C@@H]2O)[C@H]1O. The van der Waals surface area contributed by atoms with E-state index in [2.05, 4.69) is 47.6 Å². The van der Waals surface area contributed by atoms with Gasteiger partial charge in [-0.2, -0.15) is 0 Å². The van der Waals surface area contributed by atoms with E-state index in [0.29, 0.717) is 25.7 Å². The molecular weight excluding hydrogens is 756 g/mol. The number of aliphatic hydroxyl groups excluding tert-OH is 8. The van der Waals surface area contributed by atoms with Crippen LogP contribution in [0.5, 0.6) is 0 Å². The number of hydrogen-bond donors (Lipinski definition) is 8. The molecule has 58 heavy (non-hydrogen) atoms. The molecule has 0 aromatic heterocycles. The van der Waals surface area contributed by atoms with Crippen LogP contribution in [0.3, 0.4) is 0 Å². The van der Waals surface area contributed by atoms with Crippen LogP contribution in [0, 0.1) is 50.2 Å². The van der Waals surface area contributed by atoms with Gasteiger partial charge in [-0.1, -0.05) is 60.1 Å². The van der Waals surface area contributed by atoms with Crippen LogP contribution in [0.2, 0.25) is 0 Å². The number of methoxy groups -OCH3 is 1. The lowest BCUT2D eigenvalue weighted by molar-refractivity contribution is -0.366. The van der Waals surface area contributed by atoms with E-state index >= 15 is 0 Å². The number of fused-ring (bicyclic) bond motifs is 7. The van der Waals surface area contributed by atoms with E-state index in [1.807, 2.05) is 6.92 Å². The molecule has 6 fully saturated rings. The lowest BCUT2D eigenvalue weighted by Crippen LogP contribution is -2.70. The predicted molar refractivity (Wildman–Crippen MR) is 204 cm³/mol. The molecular formula is C43H68O15. The highest BCUT2D eigenvalue weighted by Crippen LogP contribution is 2.75.